The molecule has 0 fully saturated rings. The van der Waals surface area contributed by atoms with E-state index in [1.807, 2.05) is 6.92 Å². The van der Waals surface area contributed by atoms with Crippen molar-refractivity contribution in [1.82, 2.24) is 14.5 Å². The van der Waals surface area contributed by atoms with Crippen molar-refractivity contribution in [1.29, 1.82) is 0 Å². The maximum atomic E-state index is 13.3. The van der Waals surface area contributed by atoms with Gasteiger partial charge in [-0.2, -0.15) is 0 Å². The van der Waals surface area contributed by atoms with Crippen LogP contribution >= 0.6 is 23.1 Å². The summed E-state index contributed by atoms with van der Waals surface area (Å²) in [5.74, 6) is 0.486. The molecule has 1 unspecified atom stereocenters. The fourth-order valence-electron chi connectivity index (χ4n) is 4.08. The molecule has 4 rings (SSSR count). The topological polar surface area (TPSA) is 84.3 Å². The van der Waals surface area contributed by atoms with E-state index in [1.165, 1.54) is 27.1 Å². The Morgan fingerprint density at radius 3 is 2.67 bits per heavy atom. The van der Waals surface area contributed by atoms with E-state index in [1.54, 1.807) is 54.3 Å². The van der Waals surface area contributed by atoms with E-state index in [-0.39, 0.29) is 23.1 Å². The highest BCUT2D eigenvalue weighted by Gasteiger charge is 2.24. The van der Waals surface area contributed by atoms with Gasteiger partial charge in [0, 0.05) is 36.8 Å². The molecule has 9 heteroatoms. The minimum absolute atomic E-state index is 0.00129. The number of aryl methyl sites for hydroxylation is 1. The number of carbonyl (C=O) groups excluding carboxylic acids is 2. The van der Waals surface area contributed by atoms with E-state index >= 15 is 0 Å². The summed E-state index contributed by atoms with van der Waals surface area (Å²) in [5, 5.41) is 4.19. The molecule has 0 radical (unpaired) electrons. The van der Waals surface area contributed by atoms with Crippen molar-refractivity contribution in [2.24, 2.45) is 5.92 Å². The molecule has 174 valence electrons. The summed E-state index contributed by atoms with van der Waals surface area (Å²) in [4.78, 5) is 46.1. The number of nitrogens with zero attached hydrogens (tertiary/aromatic N) is 3. The lowest BCUT2D eigenvalue weighted by Gasteiger charge is -2.17. The maximum absolute atomic E-state index is 13.3. The number of thioether (sulfide) groups is 1. The third-order valence-corrected chi connectivity index (χ3v) is 7.98. The van der Waals surface area contributed by atoms with Crippen molar-refractivity contribution in [2.75, 3.05) is 25.2 Å². The number of amides is 2. The summed E-state index contributed by atoms with van der Waals surface area (Å²) in [7, 11) is 3.39. The van der Waals surface area contributed by atoms with Gasteiger partial charge in [-0.15, -0.1) is 11.3 Å². The van der Waals surface area contributed by atoms with Gasteiger partial charge in [-0.05, 0) is 61.9 Å². The number of anilines is 1. The minimum atomic E-state index is -0.192. The van der Waals surface area contributed by atoms with Crippen LogP contribution in [0.2, 0.25) is 0 Å². The summed E-state index contributed by atoms with van der Waals surface area (Å²) in [6, 6.07) is 6.80. The van der Waals surface area contributed by atoms with Crippen molar-refractivity contribution in [3.05, 3.63) is 50.6 Å². The number of nitrogens with one attached hydrogen (secondary N) is 1. The molecule has 0 aliphatic heterocycles. The zero-order valence-electron chi connectivity index (χ0n) is 19.3. The highest BCUT2D eigenvalue weighted by Crippen LogP contribution is 2.36. The molecule has 7 nitrogen and oxygen atoms in total. The van der Waals surface area contributed by atoms with Gasteiger partial charge in [0.05, 0.1) is 11.1 Å². The molecule has 3 aromatic rings. The number of thiophene rings is 1. The lowest BCUT2D eigenvalue weighted by atomic mass is 9.89. The molecule has 1 N–H and O–H groups in total. The van der Waals surface area contributed by atoms with Crippen LogP contribution in [0.1, 0.15) is 41.1 Å². The van der Waals surface area contributed by atoms with E-state index in [0.29, 0.717) is 28.9 Å². The second kappa shape index (κ2) is 9.69. The first-order valence-electron chi connectivity index (χ1n) is 11.1. The number of fused-ring (bicyclic) bond motifs is 3. The van der Waals surface area contributed by atoms with E-state index < -0.39 is 0 Å². The Hall–Kier alpha value is -2.65. The van der Waals surface area contributed by atoms with Crippen LogP contribution in [0, 0.1) is 5.92 Å². The molecular weight excluding hydrogens is 456 g/mol. The molecule has 2 heterocycles. The van der Waals surface area contributed by atoms with Crippen LogP contribution in [0.3, 0.4) is 0 Å². The Bertz CT molecular complexity index is 1260. The highest BCUT2D eigenvalue weighted by molar-refractivity contribution is 7.99. The van der Waals surface area contributed by atoms with Gasteiger partial charge in [0.2, 0.25) is 5.91 Å². The smallest absolute Gasteiger partial charge is 0.263 e. The zero-order valence-corrected chi connectivity index (χ0v) is 20.9. The summed E-state index contributed by atoms with van der Waals surface area (Å²) in [6.45, 7) is 4.68. The van der Waals surface area contributed by atoms with Crippen LogP contribution in [-0.2, 0) is 24.2 Å². The molecule has 1 aliphatic carbocycles. The van der Waals surface area contributed by atoms with Crippen molar-refractivity contribution < 1.29 is 9.59 Å². The Morgan fingerprint density at radius 1 is 1.27 bits per heavy atom. The quantitative estimate of drug-likeness (QED) is 0.422. The van der Waals surface area contributed by atoms with Crippen LogP contribution in [0.5, 0.6) is 0 Å². The molecule has 1 aromatic carbocycles. The van der Waals surface area contributed by atoms with Gasteiger partial charge < -0.3 is 10.2 Å². The third kappa shape index (κ3) is 4.84. The molecule has 33 heavy (non-hydrogen) atoms. The highest BCUT2D eigenvalue weighted by atomic mass is 32.2. The number of hydrogen-bond acceptors (Lipinski definition) is 6. The number of hydrogen-bond donors (Lipinski definition) is 1. The van der Waals surface area contributed by atoms with Crippen LogP contribution in [0.15, 0.2) is 34.2 Å². The molecule has 0 saturated carbocycles. The molecule has 0 bridgehead atoms. The minimum Gasteiger partial charge on any atom is -0.345 e. The molecule has 0 saturated heterocycles. The fourth-order valence-corrected chi connectivity index (χ4v) is 6.36. The Balaban J connectivity index is 1.49. The fraction of sp³-hybridized carbons (Fsp3) is 0.417. The van der Waals surface area contributed by atoms with Crippen molar-refractivity contribution in [3.63, 3.8) is 0 Å². The summed E-state index contributed by atoms with van der Waals surface area (Å²) in [5.41, 5.74) is 2.36. The number of benzene rings is 1. The Kier molecular flexibility index (Phi) is 6.90. The van der Waals surface area contributed by atoms with Gasteiger partial charge in [-0.1, -0.05) is 18.7 Å². The summed E-state index contributed by atoms with van der Waals surface area (Å²) < 4.78 is 1.67. The van der Waals surface area contributed by atoms with Crippen LogP contribution in [0.4, 0.5) is 5.69 Å². The first-order chi connectivity index (χ1) is 15.8. The van der Waals surface area contributed by atoms with Crippen molar-refractivity contribution >= 4 is 50.8 Å². The zero-order chi connectivity index (χ0) is 23.7. The van der Waals surface area contributed by atoms with E-state index in [0.717, 1.165) is 29.5 Å². The van der Waals surface area contributed by atoms with Gasteiger partial charge in [0.15, 0.2) is 5.16 Å². The lowest BCUT2D eigenvalue weighted by Crippen LogP contribution is -2.24. The van der Waals surface area contributed by atoms with E-state index in [4.69, 9.17) is 4.98 Å². The summed E-state index contributed by atoms with van der Waals surface area (Å²) >= 11 is 2.90. The maximum Gasteiger partial charge on any atom is 0.263 e. The first-order valence-corrected chi connectivity index (χ1v) is 12.9. The first kappa shape index (κ1) is 23.5. The average molecular weight is 485 g/mol. The SMILES string of the molecule is CCn1c(SCC(=O)Nc2ccc(C(=O)N(C)C)cc2)nc2sc3c(c2c1=O)CCC(C)C3. The molecule has 2 aromatic heterocycles. The van der Waals surface area contributed by atoms with Crippen LogP contribution in [0.25, 0.3) is 10.2 Å². The van der Waals surface area contributed by atoms with Crippen molar-refractivity contribution in [2.45, 2.75) is 44.8 Å². The van der Waals surface area contributed by atoms with Gasteiger partial charge >= 0.3 is 0 Å². The Labute approximate surface area is 201 Å². The van der Waals surface area contributed by atoms with E-state index in [2.05, 4.69) is 12.2 Å². The van der Waals surface area contributed by atoms with Gasteiger partial charge in [-0.25, -0.2) is 4.98 Å². The van der Waals surface area contributed by atoms with Crippen molar-refractivity contribution in [3.8, 4) is 0 Å². The number of aromatic nitrogens is 2. The second-order valence-corrected chi connectivity index (χ2v) is 10.6. The number of carbonyl (C=O) groups is 2. The molecule has 1 atom stereocenters. The van der Waals surface area contributed by atoms with Crippen LogP contribution < -0.4 is 10.9 Å². The van der Waals surface area contributed by atoms with Crippen LogP contribution in [-0.4, -0.2) is 46.1 Å². The van der Waals surface area contributed by atoms with E-state index in [9.17, 15) is 14.4 Å². The largest absolute Gasteiger partial charge is 0.345 e. The second-order valence-electron chi connectivity index (χ2n) is 8.59. The molecular formula is C24H28N4O3S2. The average Bonchev–Trinajstić information content (AvgIpc) is 3.15. The third-order valence-electron chi connectivity index (χ3n) is 5.85. The monoisotopic (exact) mass is 484 g/mol. The van der Waals surface area contributed by atoms with Gasteiger partial charge in [0.25, 0.3) is 11.5 Å². The van der Waals surface area contributed by atoms with Gasteiger partial charge in [-0.3, -0.25) is 19.0 Å². The van der Waals surface area contributed by atoms with Gasteiger partial charge in [0.1, 0.15) is 4.83 Å². The standard InChI is InChI=1S/C24H28N4O3S2/c1-5-28-23(31)20-17-11-6-14(2)12-18(17)33-21(20)26-24(28)32-13-19(29)25-16-9-7-15(8-10-16)22(30)27(3)4/h7-10,14H,5-6,11-13H2,1-4H3,(H,25,29). The normalized spacial score (nSPS) is 15.3. The molecule has 1 aliphatic rings. The predicted molar refractivity (Wildman–Crippen MR) is 135 cm³/mol. The molecule has 2 amide bonds. The predicted octanol–water partition coefficient (Wildman–Crippen LogP) is 4.04. The summed E-state index contributed by atoms with van der Waals surface area (Å²) in [6.07, 6.45) is 3.04. The molecule has 0 spiro atoms. The lowest BCUT2D eigenvalue weighted by molar-refractivity contribution is -0.113. The number of rotatable bonds is 6. The Morgan fingerprint density at radius 2 is 2.00 bits per heavy atom.